The molecule has 16 heavy (non-hydrogen) atoms. The van der Waals surface area contributed by atoms with Crippen molar-refractivity contribution >= 4 is 40.4 Å². The topological polar surface area (TPSA) is 100 Å². The second-order valence-corrected chi connectivity index (χ2v) is 3.84. The molecule has 0 amide bonds. The smallest absolute Gasteiger partial charge is 0.206 e. The molecule has 0 unspecified atom stereocenters. The Labute approximate surface area is 105 Å². The predicted molar refractivity (Wildman–Crippen MR) is 74.5 cm³/mol. The number of rotatable bonds is 5. The van der Waals surface area contributed by atoms with Crippen LogP contribution in [0.2, 0.25) is 0 Å². The van der Waals surface area contributed by atoms with Crippen molar-refractivity contribution in [1.29, 1.82) is 0 Å². The maximum atomic E-state index is 5.23. The summed E-state index contributed by atoms with van der Waals surface area (Å²) in [4.78, 5) is 4.03. The molecule has 90 valence electrons. The molecule has 0 atom stereocenters. The molecular weight excluding hydrogens is 244 g/mol. The first-order valence-corrected chi connectivity index (χ1v) is 5.31. The van der Waals surface area contributed by atoms with Gasteiger partial charge in [0.2, 0.25) is 5.11 Å². The summed E-state index contributed by atoms with van der Waals surface area (Å²) in [7, 11) is 0. The molecule has 0 rings (SSSR count). The second-order valence-electron chi connectivity index (χ2n) is 3.01. The molecule has 7 N–H and O–H groups in total. The van der Waals surface area contributed by atoms with E-state index >= 15 is 0 Å². The molecule has 8 heteroatoms. The van der Waals surface area contributed by atoms with Crippen molar-refractivity contribution < 1.29 is 0 Å². The van der Waals surface area contributed by atoms with E-state index in [0.717, 1.165) is 11.4 Å². The first kappa shape index (κ1) is 14.8. The van der Waals surface area contributed by atoms with Gasteiger partial charge in [-0.05, 0) is 44.2 Å². The number of allylic oxidation sites excluding steroid dienone is 1. The average Bonchev–Trinajstić information content (AvgIpc) is 2.23. The average molecular weight is 260 g/mol. The van der Waals surface area contributed by atoms with Gasteiger partial charge in [-0.2, -0.15) is 0 Å². The van der Waals surface area contributed by atoms with Gasteiger partial charge in [-0.1, -0.05) is 6.58 Å². The molecule has 0 aliphatic carbocycles. The summed E-state index contributed by atoms with van der Waals surface area (Å²) >= 11 is 9.41. The van der Waals surface area contributed by atoms with Crippen molar-refractivity contribution in [2.45, 2.75) is 19.8 Å². The number of nitrogens with zero attached hydrogens (tertiary/aromatic N) is 1. The minimum absolute atomic E-state index is 0.167. The molecule has 0 radical (unpaired) electrons. The van der Waals surface area contributed by atoms with E-state index in [1.165, 1.54) is 0 Å². The van der Waals surface area contributed by atoms with Crippen LogP contribution in [-0.2, 0) is 0 Å². The zero-order valence-electron chi connectivity index (χ0n) is 9.04. The van der Waals surface area contributed by atoms with E-state index in [9.17, 15) is 0 Å². The van der Waals surface area contributed by atoms with Crippen LogP contribution in [0, 0.1) is 0 Å². The van der Waals surface area contributed by atoms with Gasteiger partial charge >= 0.3 is 0 Å². The van der Waals surface area contributed by atoms with Gasteiger partial charge in [0.05, 0.1) is 0 Å². The monoisotopic (exact) mass is 260 g/mol. The second kappa shape index (κ2) is 7.97. The summed E-state index contributed by atoms with van der Waals surface area (Å²) in [5.41, 5.74) is 14.5. The molecule has 0 fully saturated rings. The van der Waals surface area contributed by atoms with Crippen molar-refractivity contribution in [3.05, 3.63) is 12.3 Å². The number of thiocarbonyl (C=S) groups is 2. The van der Waals surface area contributed by atoms with Gasteiger partial charge in [-0.15, -0.1) is 0 Å². The summed E-state index contributed by atoms with van der Waals surface area (Å²) < 4.78 is 0. The summed E-state index contributed by atoms with van der Waals surface area (Å²) in [5.74, 6) is 5.09. The Bertz CT molecular complexity index is 312. The molecule has 0 aliphatic rings. The van der Waals surface area contributed by atoms with Crippen molar-refractivity contribution in [1.82, 2.24) is 16.3 Å². The largest absolute Gasteiger partial charge is 0.375 e. The van der Waals surface area contributed by atoms with Gasteiger partial charge in [-0.3, -0.25) is 10.9 Å². The van der Waals surface area contributed by atoms with Crippen LogP contribution in [0.15, 0.2) is 17.3 Å². The van der Waals surface area contributed by atoms with Crippen LogP contribution in [-0.4, -0.2) is 15.9 Å². The Kier molecular flexibility index (Phi) is 7.34. The van der Waals surface area contributed by atoms with E-state index in [2.05, 4.69) is 40.1 Å². The van der Waals surface area contributed by atoms with E-state index < -0.39 is 0 Å². The molecule has 0 aromatic rings. The minimum atomic E-state index is 0.167. The minimum Gasteiger partial charge on any atom is -0.375 e. The first-order valence-electron chi connectivity index (χ1n) is 4.49. The number of hydrazine groups is 2. The molecule has 0 saturated heterocycles. The fraction of sp³-hybridized carbons (Fsp3) is 0.375. The van der Waals surface area contributed by atoms with Crippen molar-refractivity contribution in [2.75, 3.05) is 0 Å². The maximum Gasteiger partial charge on any atom is 0.206 e. The fourth-order valence-electron chi connectivity index (χ4n) is 0.806. The lowest BCUT2D eigenvalue weighted by molar-refractivity contribution is 0.727. The van der Waals surface area contributed by atoms with Crippen LogP contribution in [0.5, 0.6) is 0 Å². The normalized spacial score (nSPS) is 10.5. The van der Waals surface area contributed by atoms with Crippen LogP contribution >= 0.6 is 24.4 Å². The van der Waals surface area contributed by atoms with Gasteiger partial charge < -0.3 is 11.2 Å². The number of hydrogen-bond donors (Lipinski definition) is 5. The molecule has 0 saturated carbocycles. The number of nitrogens with one attached hydrogen (secondary N) is 3. The highest BCUT2D eigenvalue weighted by Crippen LogP contribution is 1.99. The first-order chi connectivity index (χ1) is 7.45. The summed E-state index contributed by atoms with van der Waals surface area (Å²) in [5, 5.41) is 0.428. The van der Waals surface area contributed by atoms with Crippen molar-refractivity contribution in [2.24, 2.45) is 16.6 Å². The molecule has 0 aromatic carbocycles. The Morgan fingerprint density at radius 2 is 1.94 bits per heavy atom. The highest BCUT2D eigenvalue weighted by atomic mass is 32.1. The van der Waals surface area contributed by atoms with Gasteiger partial charge in [0.15, 0.2) is 5.11 Å². The molecular formula is C8H16N6S2. The van der Waals surface area contributed by atoms with E-state index in [1.807, 2.05) is 6.92 Å². The predicted octanol–water partition coefficient (Wildman–Crippen LogP) is -0.173. The standard InChI is InChI=1S/C8H16N6S2/c1-5(11-8(16)12-10)3-4-6(2)13-14-7(9)15/h13H,2-4,10H2,1H3,(H,12,16)(H3,9,14,15). The Balaban J connectivity index is 3.87. The van der Waals surface area contributed by atoms with Crippen molar-refractivity contribution in [3.8, 4) is 0 Å². The van der Waals surface area contributed by atoms with Gasteiger partial charge in [0.25, 0.3) is 0 Å². The molecule has 0 spiro atoms. The highest BCUT2D eigenvalue weighted by Gasteiger charge is 1.98. The summed E-state index contributed by atoms with van der Waals surface area (Å²) in [6.07, 6.45) is 1.41. The highest BCUT2D eigenvalue weighted by molar-refractivity contribution is 7.80. The van der Waals surface area contributed by atoms with Crippen molar-refractivity contribution in [3.63, 3.8) is 0 Å². The Morgan fingerprint density at radius 1 is 1.31 bits per heavy atom. The maximum absolute atomic E-state index is 5.23. The third-order valence-corrected chi connectivity index (χ3v) is 1.88. The third-order valence-electron chi connectivity index (χ3n) is 1.57. The lowest BCUT2D eigenvalue weighted by Crippen LogP contribution is -2.40. The van der Waals surface area contributed by atoms with Gasteiger partial charge in [0.1, 0.15) is 0 Å². The van der Waals surface area contributed by atoms with Gasteiger partial charge in [0, 0.05) is 11.4 Å². The van der Waals surface area contributed by atoms with Gasteiger partial charge in [-0.25, -0.2) is 10.8 Å². The lowest BCUT2D eigenvalue weighted by atomic mass is 10.2. The number of hydrogen-bond acceptors (Lipinski definition) is 4. The molecule has 0 heterocycles. The van der Waals surface area contributed by atoms with Crippen LogP contribution < -0.4 is 27.9 Å². The van der Waals surface area contributed by atoms with E-state index in [-0.39, 0.29) is 10.2 Å². The quantitative estimate of drug-likeness (QED) is 0.202. The van der Waals surface area contributed by atoms with Crippen LogP contribution in [0.3, 0.4) is 0 Å². The zero-order chi connectivity index (χ0) is 12.6. The van der Waals surface area contributed by atoms with E-state index in [0.29, 0.717) is 12.8 Å². The van der Waals surface area contributed by atoms with E-state index in [4.69, 9.17) is 23.8 Å². The molecule has 6 nitrogen and oxygen atoms in total. The Morgan fingerprint density at radius 3 is 2.44 bits per heavy atom. The fourth-order valence-corrected chi connectivity index (χ4v) is 1.01. The van der Waals surface area contributed by atoms with Crippen LogP contribution in [0.1, 0.15) is 19.8 Å². The van der Waals surface area contributed by atoms with Crippen LogP contribution in [0.25, 0.3) is 0 Å². The molecule has 0 aliphatic heterocycles. The number of nitrogens with two attached hydrogens (primary N) is 2. The Hall–Kier alpha value is -1.25. The molecule has 0 aromatic heterocycles. The zero-order valence-corrected chi connectivity index (χ0v) is 10.7. The molecule has 0 bridgehead atoms. The SMILES string of the molecule is C=C(CCC(C)=NC(=S)NN)NNC(N)=S. The summed E-state index contributed by atoms with van der Waals surface area (Å²) in [6, 6.07) is 0. The van der Waals surface area contributed by atoms with Crippen LogP contribution in [0.4, 0.5) is 0 Å². The van der Waals surface area contributed by atoms with E-state index in [1.54, 1.807) is 0 Å². The number of aliphatic imine (C=N–C) groups is 1. The summed E-state index contributed by atoms with van der Waals surface area (Å²) in [6.45, 7) is 5.64. The third kappa shape index (κ3) is 8.09. The lowest BCUT2D eigenvalue weighted by Gasteiger charge is -2.10.